The van der Waals surface area contributed by atoms with Crippen molar-refractivity contribution in [3.63, 3.8) is 0 Å². The molecule has 3 aliphatic rings. The number of hydrogen-bond donors (Lipinski definition) is 2. The number of hydrazine groups is 1. The van der Waals surface area contributed by atoms with Gasteiger partial charge in [0.2, 0.25) is 5.95 Å². The number of hydrogen-bond acceptors (Lipinski definition) is 7. The maximum absolute atomic E-state index is 6.38. The summed E-state index contributed by atoms with van der Waals surface area (Å²) >= 11 is 16.0. The van der Waals surface area contributed by atoms with Crippen molar-refractivity contribution >= 4 is 52.2 Å². The Labute approximate surface area is 192 Å². The molecular weight excluding hydrogens is 459 g/mol. The Morgan fingerprint density at radius 2 is 2.20 bits per heavy atom. The van der Waals surface area contributed by atoms with E-state index in [1.807, 2.05) is 23.5 Å². The molecule has 10 heteroatoms. The van der Waals surface area contributed by atoms with Crippen LogP contribution in [0.3, 0.4) is 0 Å². The normalized spacial score (nSPS) is 21.9. The van der Waals surface area contributed by atoms with E-state index >= 15 is 0 Å². The minimum Gasteiger partial charge on any atom is -0.278 e. The molecule has 0 radical (unpaired) electrons. The Morgan fingerprint density at radius 1 is 1.30 bits per heavy atom. The molecule has 2 aromatic heterocycles. The fourth-order valence-corrected chi connectivity index (χ4v) is 7.44. The van der Waals surface area contributed by atoms with E-state index in [-0.39, 0.29) is 6.17 Å². The lowest BCUT2D eigenvalue weighted by Crippen LogP contribution is -2.39. The van der Waals surface area contributed by atoms with Gasteiger partial charge in [0.25, 0.3) is 0 Å². The van der Waals surface area contributed by atoms with Crippen molar-refractivity contribution < 1.29 is 0 Å². The minimum atomic E-state index is 0.116. The average Bonchev–Trinajstić information content (AvgIpc) is 3.42. The number of nitrogens with zero attached hydrogens (tertiary/aromatic N) is 4. The Hall–Kier alpha value is -1.29. The van der Waals surface area contributed by atoms with Crippen LogP contribution in [0, 0.1) is 5.92 Å². The van der Waals surface area contributed by atoms with Crippen LogP contribution in [0.2, 0.25) is 10.0 Å². The standard InChI is InChI=1S/C20H20Cl2N6S2/c1-10-2-5-15-13(6-10)16-17-23-9-24-28(17)19-25-26-20(27(19)18(16)30-15)29-8-11-3-4-12(21)7-14(11)22/h3-4,7,10,17,23-24H,2,5-6,8-9H2,1H3/t10-,17?/m1/s1. The first-order valence-electron chi connectivity index (χ1n) is 10.0. The summed E-state index contributed by atoms with van der Waals surface area (Å²) in [5.74, 6) is 2.27. The topological polar surface area (TPSA) is 58.0 Å². The van der Waals surface area contributed by atoms with Crippen molar-refractivity contribution in [1.82, 2.24) is 25.5 Å². The first-order chi connectivity index (χ1) is 14.6. The largest absolute Gasteiger partial charge is 0.278 e. The van der Waals surface area contributed by atoms with Crippen molar-refractivity contribution in [3.8, 4) is 5.00 Å². The third-order valence-electron chi connectivity index (χ3n) is 6.01. The van der Waals surface area contributed by atoms with E-state index in [1.54, 1.807) is 17.8 Å². The van der Waals surface area contributed by atoms with Crippen LogP contribution < -0.4 is 15.8 Å². The quantitative estimate of drug-likeness (QED) is 0.520. The lowest BCUT2D eigenvalue weighted by molar-refractivity contribution is 0.495. The van der Waals surface area contributed by atoms with Crippen LogP contribution in [0.4, 0.5) is 5.95 Å². The highest BCUT2D eigenvalue weighted by Gasteiger charge is 2.42. The second-order valence-electron chi connectivity index (χ2n) is 8.02. The van der Waals surface area contributed by atoms with Crippen molar-refractivity contribution in [2.45, 2.75) is 43.3 Å². The fourth-order valence-electron chi connectivity index (χ4n) is 4.51. The molecule has 6 rings (SSSR count). The summed E-state index contributed by atoms with van der Waals surface area (Å²) < 4.78 is 2.22. The number of aryl methyl sites for hydroxylation is 1. The van der Waals surface area contributed by atoms with Gasteiger partial charge in [-0.15, -0.1) is 21.5 Å². The van der Waals surface area contributed by atoms with Gasteiger partial charge in [0.05, 0.1) is 6.67 Å². The Balaban J connectivity index is 1.41. The third kappa shape index (κ3) is 3.00. The summed E-state index contributed by atoms with van der Waals surface area (Å²) in [5, 5.41) is 18.3. The van der Waals surface area contributed by atoms with E-state index in [1.165, 1.54) is 27.4 Å². The zero-order valence-electron chi connectivity index (χ0n) is 16.3. The van der Waals surface area contributed by atoms with Crippen LogP contribution in [0.25, 0.3) is 5.00 Å². The molecule has 0 spiro atoms. The number of fused-ring (bicyclic) bond motifs is 8. The van der Waals surface area contributed by atoms with Crippen LogP contribution in [0.15, 0.2) is 23.4 Å². The van der Waals surface area contributed by atoms with Gasteiger partial charge in [-0.1, -0.05) is 48.0 Å². The third-order valence-corrected chi connectivity index (χ3v) is 8.87. The van der Waals surface area contributed by atoms with E-state index in [2.05, 4.69) is 37.4 Å². The first kappa shape index (κ1) is 19.4. The van der Waals surface area contributed by atoms with E-state index in [0.29, 0.717) is 15.8 Å². The molecular formula is C20H20Cl2N6S2. The lowest BCUT2D eigenvalue weighted by atomic mass is 9.87. The number of thiophene rings is 1. The van der Waals surface area contributed by atoms with E-state index < -0.39 is 0 Å². The number of aromatic nitrogens is 3. The summed E-state index contributed by atoms with van der Waals surface area (Å²) in [6, 6.07) is 5.64. The molecule has 1 unspecified atom stereocenters. The maximum atomic E-state index is 6.38. The molecule has 0 saturated carbocycles. The zero-order chi connectivity index (χ0) is 20.4. The number of rotatable bonds is 3. The number of thioether (sulfide) groups is 1. The SMILES string of the molecule is C[C@@H]1CCc2sc3c(c2C1)C1NCNN1c1nnc(SCc2ccc(Cl)cc2Cl)n1-3. The second kappa shape index (κ2) is 7.39. The molecule has 30 heavy (non-hydrogen) atoms. The highest BCUT2D eigenvalue weighted by molar-refractivity contribution is 7.98. The highest BCUT2D eigenvalue weighted by atomic mass is 35.5. The molecule has 0 amide bonds. The van der Waals surface area contributed by atoms with Gasteiger partial charge in [-0.25, -0.2) is 9.99 Å². The van der Waals surface area contributed by atoms with Crippen LogP contribution in [-0.2, 0) is 18.6 Å². The molecule has 2 N–H and O–H groups in total. The molecule has 1 aliphatic carbocycles. The van der Waals surface area contributed by atoms with Crippen LogP contribution >= 0.6 is 46.3 Å². The van der Waals surface area contributed by atoms with Gasteiger partial charge in [0, 0.05) is 26.2 Å². The monoisotopic (exact) mass is 478 g/mol. The Bertz CT molecular complexity index is 1140. The molecule has 2 atom stereocenters. The van der Waals surface area contributed by atoms with Crippen LogP contribution in [0.5, 0.6) is 0 Å². The van der Waals surface area contributed by atoms with Gasteiger partial charge in [0.1, 0.15) is 11.2 Å². The molecule has 0 bridgehead atoms. The molecule has 1 fully saturated rings. The summed E-state index contributed by atoms with van der Waals surface area (Å²) in [5.41, 5.74) is 7.38. The van der Waals surface area contributed by atoms with Crippen molar-refractivity contribution in [2.24, 2.45) is 5.92 Å². The lowest BCUT2D eigenvalue weighted by Gasteiger charge is -2.31. The number of nitrogens with one attached hydrogen (secondary N) is 2. The number of benzene rings is 1. The van der Waals surface area contributed by atoms with E-state index in [0.717, 1.165) is 42.1 Å². The van der Waals surface area contributed by atoms with Gasteiger partial charge in [-0.3, -0.25) is 10.3 Å². The summed E-state index contributed by atoms with van der Waals surface area (Å²) in [7, 11) is 0. The first-order valence-corrected chi connectivity index (χ1v) is 12.6. The van der Waals surface area contributed by atoms with Gasteiger partial charge < -0.3 is 0 Å². The highest BCUT2D eigenvalue weighted by Crippen LogP contribution is 2.48. The summed E-state index contributed by atoms with van der Waals surface area (Å²) in [6.45, 7) is 3.08. The van der Waals surface area contributed by atoms with E-state index in [4.69, 9.17) is 23.2 Å². The maximum Gasteiger partial charge on any atom is 0.249 e. The van der Waals surface area contributed by atoms with Gasteiger partial charge in [-0.05, 0) is 48.4 Å². The molecule has 3 aromatic rings. The summed E-state index contributed by atoms with van der Waals surface area (Å²) in [4.78, 5) is 1.52. The van der Waals surface area contributed by atoms with Gasteiger partial charge >= 0.3 is 0 Å². The van der Waals surface area contributed by atoms with Crippen molar-refractivity contribution in [1.29, 1.82) is 0 Å². The van der Waals surface area contributed by atoms with Gasteiger partial charge in [0.15, 0.2) is 5.16 Å². The fraction of sp³-hybridized carbons (Fsp3) is 0.400. The Morgan fingerprint density at radius 3 is 3.07 bits per heavy atom. The molecule has 2 aliphatic heterocycles. The summed E-state index contributed by atoms with van der Waals surface area (Å²) in [6.07, 6.45) is 3.69. The molecule has 156 valence electrons. The number of halogens is 2. The Kier molecular flexibility index (Phi) is 4.78. The zero-order valence-corrected chi connectivity index (χ0v) is 19.4. The van der Waals surface area contributed by atoms with Crippen LogP contribution in [-0.4, -0.2) is 21.4 Å². The predicted molar refractivity (Wildman–Crippen MR) is 123 cm³/mol. The van der Waals surface area contributed by atoms with E-state index in [9.17, 15) is 0 Å². The van der Waals surface area contributed by atoms with Gasteiger partial charge in [-0.2, -0.15) is 0 Å². The molecule has 4 heterocycles. The minimum absolute atomic E-state index is 0.116. The number of anilines is 1. The molecule has 1 saturated heterocycles. The van der Waals surface area contributed by atoms with Crippen molar-refractivity contribution in [3.05, 3.63) is 49.8 Å². The second-order valence-corrected chi connectivity index (χ2v) is 10.9. The van der Waals surface area contributed by atoms with Crippen LogP contribution in [0.1, 0.15) is 41.1 Å². The molecule has 1 aromatic carbocycles. The van der Waals surface area contributed by atoms with Crippen molar-refractivity contribution in [2.75, 3.05) is 11.7 Å². The predicted octanol–water partition coefficient (Wildman–Crippen LogP) is 4.94. The molecule has 6 nitrogen and oxygen atoms in total. The average molecular weight is 479 g/mol. The smallest absolute Gasteiger partial charge is 0.249 e.